The summed E-state index contributed by atoms with van der Waals surface area (Å²) in [5.74, 6) is -1.15. The third-order valence-corrected chi connectivity index (χ3v) is 3.54. The lowest BCUT2D eigenvalue weighted by molar-refractivity contribution is -0.165. The van der Waals surface area contributed by atoms with Gasteiger partial charge in [0.1, 0.15) is 12.2 Å². The molecule has 3 aliphatic rings. The summed E-state index contributed by atoms with van der Waals surface area (Å²) in [4.78, 5) is 0. The van der Waals surface area contributed by atoms with Gasteiger partial charge in [-0.25, -0.2) is 0 Å². The fourth-order valence-corrected chi connectivity index (χ4v) is 2.67. The second-order valence-corrected chi connectivity index (χ2v) is 6.03. The summed E-state index contributed by atoms with van der Waals surface area (Å²) in [5, 5.41) is 0. The number of hydrogen-bond acceptors (Lipinski definition) is 6. The Morgan fingerprint density at radius 2 is 1.21 bits per heavy atom. The minimum absolute atomic E-state index is 0.161. The Hall–Kier alpha value is -0.175. The topological polar surface area (TPSA) is 55.4 Å². The summed E-state index contributed by atoms with van der Waals surface area (Å²) in [6.45, 7) is 8.53. The minimum atomic E-state index is -0.576. The average molecular weight is 271 g/mol. The maximum absolute atomic E-state index is 5.83. The molecule has 0 N–H and O–H groups in total. The van der Waals surface area contributed by atoms with Crippen molar-refractivity contribution in [3.8, 4) is 0 Å². The molecule has 0 aliphatic carbocycles. The normalized spacial score (nSPS) is 44.4. The van der Waals surface area contributed by atoms with Gasteiger partial charge in [0.05, 0.1) is 25.4 Å². The fourth-order valence-electron chi connectivity index (χ4n) is 2.67. The molecule has 1 radical (unpaired) electrons. The first-order valence-corrected chi connectivity index (χ1v) is 6.62. The molecule has 3 rings (SSSR count). The van der Waals surface area contributed by atoms with E-state index in [1.165, 1.54) is 7.69 Å². The van der Waals surface area contributed by atoms with Crippen LogP contribution in [-0.4, -0.2) is 56.9 Å². The average Bonchev–Trinajstić information content (AvgIpc) is 2.96. The van der Waals surface area contributed by atoms with E-state index in [9.17, 15) is 0 Å². The molecule has 0 spiro atoms. The first kappa shape index (κ1) is 13.8. The van der Waals surface area contributed by atoms with E-state index in [0.717, 1.165) is 0 Å². The van der Waals surface area contributed by atoms with Gasteiger partial charge in [0.25, 0.3) is 0 Å². The van der Waals surface area contributed by atoms with Crippen LogP contribution in [0.2, 0.25) is 0 Å². The van der Waals surface area contributed by atoms with Crippen molar-refractivity contribution in [3.63, 3.8) is 0 Å². The van der Waals surface area contributed by atoms with Gasteiger partial charge < -0.3 is 28.3 Å². The van der Waals surface area contributed by atoms with E-state index >= 15 is 0 Å². The van der Waals surface area contributed by atoms with Crippen molar-refractivity contribution in [2.24, 2.45) is 0 Å². The molecule has 3 aliphatic heterocycles. The van der Waals surface area contributed by atoms with Gasteiger partial charge in [-0.15, -0.1) is 0 Å². The zero-order valence-corrected chi connectivity index (χ0v) is 11.8. The van der Waals surface area contributed by atoms with Crippen molar-refractivity contribution in [1.82, 2.24) is 0 Å². The largest absolute Gasteiger partial charge is 0.488 e. The second-order valence-electron chi connectivity index (χ2n) is 6.03. The Kier molecular flexibility index (Phi) is 3.40. The lowest BCUT2D eigenvalue weighted by atomic mass is 10.0. The molecule has 7 heteroatoms. The fraction of sp³-hybridized carbons (Fsp3) is 1.00. The maximum Gasteiger partial charge on any atom is 0.488 e. The van der Waals surface area contributed by atoms with Crippen LogP contribution in [-0.2, 0) is 28.3 Å². The van der Waals surface area contributed by atoms with Gasteiger partial charge in [-0.3, -0.25) is 0 Å². The highest BCUT2D eigenvalue weighted by Gasteiger charge is 2.50. The van der Waals surface area contributed by atoms with Gasteiger partial charge in [0.15, 0.2) is 11.6 Å². The number of rotatable bonds is 2. The molecular formula is C12H20BO6. The van der Waals surface area contributed by atoms with Crippen LogP contribution in [0, 0.1) is 0 Å². The first-order chi connectivity index (χ1) is 8.86. The van der Waals surface area contributed by atoms with Crippen molar-refractivity contribution in [3.05, 3.63) is 0 Å². The van der Waals surface area contributed by atoms with Crippen molar-refractivity contribution in [2.75, 3.05) is 13.2 Å². The summed E-state index contributed by atoms with van der Waals surface area (Å²) in [5.41, 5.74) is 0. The Labute approximate surface area is 113 Å². The van der Waals surface area contributed by atoms with E-state index < -0.39 is 11.6 Å². The van der Waals surface area contributed by atoms with E-state index in [1.807, 2.05) is 27.7 Å². The van der Waals surface area contributed by atoms with Crippen LogP contribution < -0.4 is 0 Å². The highest BCUT2D eigenvalue weighted by molar-refractivity contribution is 6.19. The molecule has 107 valence electrons. The summed E-state index contributed by atoms with van der Waals surface area (Å²) in [7, 11) is 1.36. The second kappa shape index (κ2) is 4.68. The highest BCUT2D eigenvalue weighted by atomic mass is 16.8. The SMILES string of the molecule is CC1(C)OC[C@@H]([C@@H]2O[B]O[C@H]2[C@@H]2COC(C)(C)O2)O1. The Balaban J connectivity index is 1.66. The zero-order chi connectivity index (χ0) is 13.7. The molecule has 19 heavy (non-hydrogen) atoms. The van der Waals surface area contributed by atoms with Crippen LogP contribution in [0.1, 0.15) is 27.7 Å². The molecule has 3 heterocycles. The quantitative estimate of drug-likeness (QED) is 0.686. The van der Waals surface area contributed by atoms with Crippen molar-refractivity contribution in [2.45, 2.75) is 63.7 Å². The Morgan fingerprint density at radius 1 is 0.789 bits per heavy atom. The monoisotopic (exact) mass is 271 g/mol. The minimum Gasteiger partial charge on any atom is -0.405 e. The molecule has 3 fully saturated rings. The molecule has 6 nitrogen and oxygen atoms in total. The molecule has 4 atom stereocenters. The summed E-state index contributed by atoms with van der Waals surface area (Å²) in [6, 6.07) is 0. The van der Waals surface area contributed by atoms with Crippen molar-refractivity contribution >= 4 is 7.69 Å². The summed E-state index contributed by atoms with van der Waals surface area (Å²) >= 11 is 0. The lowest BCUT2D eigenvalue weighted by Gasteiger charge is -2.28. The van der Waals surface area contributed by atoms with Gasteiger partial charge in [-0.1, -0.05) is 0 Å². The number of ether oxygens (including phenoxy) is 4. The standard InChI is InChI=1S/C12H20BO6/c1-11(2)14-5-7(16-11)9-10(19-13-18-9)8-6-15-12(3,4)17-8/h7-10H,5-6H2,1-4H3/t7-,8-,9-,10-/m0/s1. The first-order valence-electron chi connectivity index (χ1n) is 6.62. The lowest BCUT2D eigenvalue weighted by Crippen LogP contribution is -2.45. The highest BCUT2D eigenvalue weighted by Crippen LogP contribution is 2.34. The van der Waals surface area contributed by atoms with Gasteiger partial charge >= 0.3 is 7.69 Å². The molecule has 0 amide bonds. The predicted octanol–water partition coefficient (Wildman–Crippen LogP) is 0.608. The Morgan fingerprint density at radius 3 is 1.53 bits per heavy atom. The maximum atomic E-state index is 5.83. The number of hydrogen-bond donors (Lipinski definition) is 0. The molecule has 0 aromatic rings. The van der Waals surface area contributed by atoms with Gasteiger partial charge in [0, 0.05) is 0 Å². The van der Waals surface area contributed by atoms with Crippen molar-refractivity contribution in [1.29, 1.82) is 0 Å². The third kappa shape index (κ3) is 2.81. The predicted molar refractivity (Wildman–Crippen MR) is 65.3 cm³/mol. The van der Waals surface area contributed by atoms with Crippen LogP contribution in [0.5, 0.6) is 0 Å². The molecule has 0 unspecified atom stereocenters. The van der Waals surface area contributed by atoms with Gasteiger partial charge in [-0.05, 0) is 27.7 Å². The Bertz CT molecular complexity index is 315. The molecule has 0 saturated carbocycles. The van der Waals surface area contributed by atoms with E-state index in [0.29, 0.717) is 13.2 Å². The van der Waals surface area contributed by atoms with Crippen molar-refractivity contribution < 1.29 is 28.3 Å². The molecule has 3 saturated heterocycles. The third-order valence-electron chi connectivity index (χ3n) is 3.54. The van der Waals surface area contributed by atoms with E-state index in [-0.39, 0.29) is 24.4 Å². The summed E-state index contributed by atoms with van der Waals surface area (Å²) < 4.78 is 33.9. The van der Waals surface area contributed by atoms with Crippen LogP contribution in [0.25, 0.3) is 0 Å². The van der Waals surface area contributed by atoms with E-state index in [1.54, 1.807) is 0 Å². The van der Waals surface area contributed by atoms with Gasteiger partial charge in [0.2, 0.25) is 0 Å². The molecule has 0 aromatic carbocycles. The van der Waals surface area contributed by atoms with Crippen LogP contribution in [0.4, 0.5) is 0 Å². The summed E-state index contributed by atoms with van der Waals surface area (Å²) in [6.07, 6.45) is -0.786. The van der Waals surface area contributed by atoms with E-state index in [2.05, 4.69) is 0 Å². The van der Waals surface area contributed by atoms with E-state index in [4.69, 9.17) is 28.3 Å². The smallest absolute Gasteiger partial charge is 0.405 e. The van der Waals surface area contributed by atoms with Gasteiger partial charge in [-0.2, -0.15) is 0 Å². The molecule has 0 bridgehead atoms. The van der Waals surface area contributed by atoms with Crippen LogP contribution in [0.15, 0.2) is 0 Å². The van der Waals surface area contributed by atoms with Crippen LogP contribution in [0.3, 0.4) is 0 Å². The molecular weight excluding hydrogens is 251 g/mol. The molecule has 0 aromatic heterocycles. The zero-order valence-electron chi connectivity index (χ0n) is 11.8. The van der Waals surface area contributed by atoms with Crippen LogP contribution >= 0.6 is 0 Å².